The standard InChI is InChI=1S/C30H38O6.C7H18O2Si/c1-2-30(15-34-27(31)24-12-18-3-6-21(24)9-18,16-35-28(32)25-13-19-4-7-22(25)10-19)17-36-29(33)26-14-20-5-8-23(26)11-20;1-5-6-7-10(4,8-2)9-3/h3-8,18-26H,2,9-17H2,1H3;5-7H2,1-4H3. The number of fused-ring (bicyclic) bond motifs is 6. The number of rotatable bonds is 15. The maximum absolute atomic E-state index is 13.0. The average Bonchev–Trinajstić information content (AvgIpc) is 3.95. The third-order valence-corrected chi connectivity index (χ3v) is 14.9. The van der Waals surface area contributed by atoms with Gasteiger partial charge in [-0.05, 0) is 93.0 Å². The molecule has 3 fully saturated rings. The smallest absolute Gasteiger partial charge is 0.334 e. The van der Waals surface area contributed by atoms with Crippen molar-refractivity contribution in [2.75, 3.05) is 34.0 Å². The maximum atomic E-state index is 13.0. The first-order chi connectivity index (χ1) is 22.1. The summed E-state index contributed by atoms with van der Waals surface area (Å²) in [5, 5.41) is 0. The zero-order valence-corrected chi connectivity index (χ0v) is 29.6. The van der Waals surface area contributed by atoms with Gasteiger partial charge in [0.15, 0.2) is 0 Å². The lowest BCUT2D eigenvalue weighted by Gasteiger charge is -2.33. The van der Waals surface area contributed by atoms with E-state index in [0.717, 1.165) is 44.6 Å². The van der Waals surface area contributed by atoms with Crippen molar-refractivity contribution in [3.05, 3.63) is 36.5 Å². The van der Waals surface area contributed by atoms with Crippen molar-refractivity contribution in [1.82, 2.24) is 0 Å². The highest BCUT2D eigenvalue weighted by Crippen LogP contribution is 2.46. The van der Waals surface area contributed by atoms with Gasteiger partial charge in [-0.1, -0.05) is 63.1 Å². The molecule has 0 spiro atoms. The number of hydrogen-bond acceptors (Lipinski definition) is 8. The summed E-state index contributed by atoms with van der Waals surface area (Å²) in [4.78, 5) is 38.9. The van der Waals surface area contributed by atoms with Crippen LogP contribution in [0.25, 0.3) is 0 Å². The van der Waals surface area contributed by atoms with Gasteiger partial charge >= 0.3 is 26.5 Å². The lowest BCUT2D eigenvalue weighted by molar-refractivity contribution is -0.168. The molecule has 9 heteroatoms. The molecule has 256 valence electrons. The molecule has 0 aromatic heterocycles. The topological polar surface area (TPSA) is 97.4 Å². The molecule has 9 atom stereocenters. The molecule has 0 heterocycles. The van der Waals surface area contributed by atoms with E-state index in [4.69, 9.17) is 23.1 Å². The van der Waals surface area contributed by atoms with Gasteiger partial charge in [-0.3, -0.25) is 14.4 Å². The highest BCUT2D eigenvalue weighted by molar-refractivity contribution is 6.65. The molecule has 6 aliphatic carbocycles. The Morgan fingerprint density at radius 3 is 1.24 bits per heavy atom. The van der Waals surface area contributed by atoms with Crippen LogP contribution in [0.5, 0.6) is 0 Å². The van der Waals surface area contributed by atoms with Crippen LogP contribution in [0, 0.1) is 58.7 Å². The van der Waals surface area contributed by atoms with Gasteiger partial charge in [-0.15, -0.1) is 0 Å². The first kappa shape index (κ1) is 35.1. The van der Waals surface area contributed by atoms with Crippen LogP contribution in [0.15, 0.2) is 36.5 Å². The quantitative estimate of drug-likeness (QED) is 0.0822. The van der Waals surface area contributed by atoms with Crippen LogP contribution >= 0.6 is 0 Å². The summed E-state index contributed by atoms with van der Waals surface area (Å²) in [5.41, 5.74) is -0.741. The van der Waals surface area contributed by atoms with E-state index in [0.29, 0.717) is 24.2 Å². The molecule has 6 aliphatic rings. The van der Waals surface area contributed by atoms with Crippen LogP contribution in [-0.2, 0) is 37.4 Å². The number of esters is 3. The van der Waals surface area contributed by atoms with E-state index in [9.17, 15) is 14.4 Å². The molecular weight excluding hydrogens is 600 g/mol. The molecular formula is C37H56O8Si. The van der Waals surface area contributed by atoms with Crippen LogP contribution in [0.1, 0.15) is 71.6 Å². The van der Waals surface area contributed by atoms with Gasteiger partial charge in [-0.25, -0.2) is 0 Å². The van der Waals surface area contributed by atoms with Crippen molar-refractivity contribution in [1.29, 1.82) is 0 Å². The van der Waals surface area contributed by atoms with Gasteiger partial charge in [0.1, 0.15) is 19.8 Å². The van der Waals surface area contributed by atoms with E-state index in [1.165, 1.54) is 12.8 Å². The van der Waals surface area contributed by atoms with Crippen LogP contribution in [0.2, 0.25) is 12.6 Å². The van der Waals surface area contributed by atoms with Crippen molar-refractivity contribution < 1.29 is 37.4 Å². The van der Waals surface area contributed by atoms with E-state index < -0.39 is 14.0 Å². The Kier molecular flexibility index (Phi) is 11.7. The minimum atomic E-state index is -1.72. The van der Waals surface area contributed by atoms with Crippen molar-refractivity contribution in [2.45, 2.75) is 84.2 Å². The van der Waals surface area contributed by atoms with E-state index in [-0.39, 0.29) is 73.2 Å². The van der Waals surface area contributed by atoms with Gasteiger partial charge in [0.25, 0.3) is 0 Å². The summed E-state index contributed by atoms with van der Waals surface area (Å²) in [6.45, 7) is 6.54. The molecule has 0 N–H and O–H groups in total. The number of carbonyl (C=O) groups is 3. The third kappa shape index (κ3) is 8.07. The fourth-order valence-corrected chi connectivity index (χ4v) is 9.94. The van der Waals surface area contributed by atoms with Gasteiger partial charge in [-0.2, -0.15) is 0 Å². The average molecular weight is 657 g/mol. The summed E-state index contributed by atoms with van der Waals surface area (Å²) < 4.78 is 28.2. The minimum absolute atomic E-state index is 0.0910. The lowest BCUT2D eigenvalue weighted by Crippen LogP contribution is -2.41. The summed E-state index contributed by atoms with van der Waals surface area (Å²) in [6.07, 6.45) is 21.7. The molecule has 3 saturated carbocycles. The van der Waals surface area contributed by atoms with E-state index >= 15 is 0 Å². The predicted octanol–water partition coefficient (Wildman–Crippen LogP) is 6.80. The molecule has 8 nitrogen and oxygen atoms in total. The van der Waals surface area contributed by atoms with Crippen molar-refractivity contribution in [3.8, 4) is 0 Å². The zero-order valence-electron chi connectivity index (χ0n) is 28.6. The largest absolute Gasteiger partial charge is 0.465 e. The second kappa shape index (κ2) is 15.3. The van der Waals surface area contributed by atoms with Gasteiger partial charge in [0.2, 0.25) is 0 Å². The summed E-state index contributed by atoms with van der Waals surface area (Å²) in [6, 6.07) is 1.11. The molecule has 46 heavy (non-hydrogen) atoms. The highest BCUT2D eigenvalue weighted by atomic mass is 28.4. The number of carbonyl (C=O) groups excluding carboxylic acids is 3. The van der Waals surface area contributed by atoms with Crippen LogP contribution in [0.4, 0.5) is 0 Å². The Balaban J connectivity index is 0.000000362. The minimum Gasteiger partial charge on any atom is -0.465 e. The van der Waals surface area contributed by atoms with Gasteiger partial charge in [0, 0.05) is 14.2 Å². The Morgan fingerprint density at radius 2 is 1.00 bits per heavy atom. The third-order valence-electron chi connectivity index (χ3n) is 11.9. The SMILES string of the molecule is CCC(COC(=O)C1CC2C=CC1C2)(COC(=O)C1CC2C=CC1C2)COC(=O)C1CC2C=CC1C2.CCCC[Si](C)(OC)OC. The van der Waals surface area contributed by atoms with Crippen LogP contribution in [0.3, 0.4) is 0 Å². The number of hydrogen-bond donors (Lipinski definition) is 0. The molecule has 0 aromatic rings. The Labute approximate surface area is 276 Å². The molecule has 6 rings (SSSR count). The Bertz CT molecular complexity index is 1050. The molecule has 0 radical (unpaired) electrons. The first-order valence-corrected chi connectivity index (χ1v) is 20.3. The van der Waals surface area contributed by atoms with Crippen molar-refractivity contribution >= 4 is 26.5 Å². The lowest BCUT2D eigenvalue weighted by atomic mass is 9.87. The van der Waals surface area contributed by atoms with E-state index in [1.54, 1.807) is 14.2 Å². The van der Waals surface area contributed by atoms with E-state index in [2.05, 4.69) is 49.9 Å². The molecule has 9 unspecified atom stereocenters. The van der Waals surface area contributed by atoms with Crippen molar-refractivity contribution in [2.24, 2.45) is 58.7 Å². The second-order valence-electron chi connectivity index (χ2n) is 15.0. The van der Waals surface area contributed by atoms with Crippen LogP contribution in [-0.4, -0.2) is 60.5 Å². The Morgan fingerprint density at radius 1 is 0.630 bits per heavy atom. The number of ether oxygens (including phenoxy) is 3. The number of allylic oxidation sites excluding steroid dienone is 6. The molecule has 0 aliphatic heterocycles. The fraction of sp³-hybridized carbons (Fsp3) is 0.757. The highest BCUT2D eigenvalue weighted by Gasteiger charge is 2.45. The molecule has 0 aromatic carbocycles. The van der Waals surface area contributed by atoms with Crippen molar-refractivity contribution in [3.63, 3.8) is 0 Å². The zero-order chi connectivity index (χ0) is 32.9. The summed E-state index contributed by atoms with van der Waals surface area (Å²) in [5.74, 6) is 1.42. The van der Waals surface area contributed by atoms with Crippen LogP contribution < -0.4 is 0 Å². The summed E-state index contributed by atoms with van der Waals surface area (Å²) >= 11 is 0. The molecule has 0 amide bonds. The van der Waals surface area contributed by atoms with E-state index in [1.807, 2.05) is 6.92 Å². The number of unbranched alkanes of at least 4 members (excludes halogenated alkanes) is 1. The fourth-order valence-electron chi connectivity index (χ4n) is 8.37. The molecule has 6 bridgehead atoms. The maximum Gasteiger partial charge on any atom is 0.334 e. The predicted molar refractivity (Wildman–Crippen MR) is 177 cm³/mol. The second-order valence-corrected chi connectivity index (χ2v) is 18.6. The monoisotopic (exact) mass is 656 g/mol. The van der Waals surface area contributed by atoms with Gasteiger partial charge in [0.05, 0.1) is 23.2 Å². The first-order valence-electron chi connectivity index (χ1n) is 17.8. The van der Waals surface area contributed by atoms with Gasteiger partial charge < -0.3 is 23.1 Å². The Hall–Kier alpha value is -2.23. The summed E-state index contributed by atoms with van der Waals surface area (Å²) in [7, 11) is 1.76. The molecule has 0 saturated heterocycles. The normalized spacial score (nSPS) is 34.0.